The summed E-state index contributed by atoms with van der Waals surface area (Å²) in [5.41, 5.74) is 0. The first-order valence-corrected chi connectivity index (χ1v) is 14.8. The van der Waals surface area contributed by atoms with Gasteiger partial charge in [-0.3, -0.25) is 4.79 Å². The summed E-state index contributed by atoms with van der Waals surface area (Å²) in [6, 6.07) is -1.44. The average Bonchev–Trinajstić information content (AvgIpc) is 3.01. The van der Waals surface area contributed by atoms with E-state index < -0.39 is 142 Å². The third kappa shape index (κ3) is 7.64. The van der Waals surface area contributed by atoms with E-state index >= 15 is 0 Å². The van der Waals surface area contributed by atoms with Crippen LogP contribution in [0.4, 0.5) is 0 Å². The van der Waals surface area contributed by atoms with Gasteiger partial charge in [0.2, 0.25) is 5.91 Å². The predicted molar refractivity (Wildman–Crippen MR) is 143 cm³/mol. The molecule has 0 aromatic rings. The van der Waals surface area contributed by atoms with E-state index in [1.54, 1.807) is 0 Å². The lowest BCUT2D eigenvalue weighted by atomic mass is 9.95. The summed E-state index contributed by atoms with van der Waals surface area (Å²) in [6.45, 7) is 2.23. The molecule has 20 heteroatoms. The van der Waals surface area contributed by atoms with E-state index in [0.29, 0.717) is 0 Å². The molecule has 0 saturated carbocycles. The van der Waals surface area contributed by atoms with Crippen LogP contribution in [-0.4, -0.2) is 198 Å². The number of hydrogen-bond acceptors (Lipinski definition) is 19. The zero-order valence-electron chi connectivity index (χ0n) is 25.1. The Morgan fingerprint density at radius 3 is 1.63 bits per heavy atom. The Morgan fingerprint density at radius 2 is 1.04 bits per heavy atom. The van der Waals surface area contributed by atoms with Crippen molar-refractivity contribution in [3.63, 3.8) is 0 Å². The van der Waals surface area contributed by atoms with Gasteiger partial charge in [-0.1, -0.05) is 0 Å². The van der Waals surface area contributed by atoms with E-state index in [9.17, 15) is 61.0 Å². The molecule has 0 aromatic heterocycles. The van der Waals surface area contributed by atoms with Gasteiger partial charge in [-0.15, -0.1) is 0 Å². The van der Waals surface area contributed by atoms with Gasteiger partial charge < -0.3 is 94.6 Å². The first-order chi connectivity index (χ1) is 21.6. The fourth-order valence-electron chi connectivity index (χ4n) is 5.81. The van der Waals surface area contributed by atoms with Crippen molar-refractivity contribution < 1.29 is 94.1 Å². The van der Waals surface area contributed by atoms with Crippen LogP contribution >= 0.6 is 0 Å². The fraction of sp³-hybridized carbons (Fsp3) is 0.962. The number of nitrogens with one attached hydrogen (secondary N) is 1. The Labute approximate surface area is 262 Å². The number of aliphatic hydroxyl groups is 11. The van der Waals surface area contributed by atoms with Crippen molar-refractivity contribution in [3.8, 4) is 0 Å². The second-order valence-corrected chi connectivity index (χ2v) is 11.8. The molecule has 20 nitrogen and oxygen atoms in total. The number of aliphatic hydroxyl groups excluding tert-OH is 11. The van der Waals surface area contributed by atoms with E-state index in [-0.39, 0.29) is 0 Å². The van der Waals surface area contributed by atoms with Crippen molar-refractivity contribution in [2.24, 2.45) is 0 Å². The van der Waals surface area contributed by atoms with Crippen LogP contribution < -0.4 is 5.32 Å². The molecule has 4 rings (SSSR count). The first-order valence-electron chi connectivity index (χ1n) is 14.8. The summed E-state index contributed by atoms with van der Waals surface area (Å²) in [4.78, 5) is 11.8. The van der Waals surface area contributed by atoms with E-state index in [1.807, 2.05) is 0 Å². The highest BCUT2D eigenvalue weighted by Crippen LogP contribution is 2.34. The molecule has 4 aliphatic heterocycles. The van der Waals surface area contributed by atoms with Crippen molar-refractivity contribution in [2.75, 3.05) is 13.2 Å². The van der Waals surface area contributed by atoms with Crippen LogP contribution in [0.15, 0.2) is 0 Å². The molecule has 20 atom stereocenters. The smallest absolute Gasteiger partial charge is 0.217 e. The van der Waals surface area contributed by atoms with Gasteiger partial charge in [0.15, 0.2) is 25.2 Å². The van der Waals surface area contributed by atoms with Gasteiger partial charge in [0.25, 0.3) is 0 Å². The summed E-state index contributed by atoms with van der Waals surface area (Å²) < 4.78 is 39.1. The lowest BCUT2D eigenvalue weighted by molar-refractivity contribution is -0.390. The van der Waals surface area contributed by atoms with E-state index in [4.69, 9.17) is 33.2 Å². The predicted octanol–water partition coefficient (Wildman–Crippen LogP) is -7.55. The Morgan fingerprint density at radius 1 is 0.565 bits per heavy atom. The maximum Gasteiger partial charge on any atom is 0.217 e. The molecule has 4 heterocycles. The number of ether oxygens (including phenoxy) is 7. The number of carbonyl (C=O) groups is 1. The standard InChI is InChI=1S/C26H45NO19/c1-6-12(31)16(35)18(37)24(40-6)46-22-17(36)13(32)7(2)41-26(22)45-21-15(34)10(5-29)43-25(19(21)38)44-20-11(27-8(3)30)23(39)42-9(4-28)14(20)33/h6-7,9-26,28-29,31-39H,4-5H2,1-3H3,(H,27,30)/t6-,7-,9+,10+,11+,12-,13-,14+,15-,16+,17+,18+,19+,20+,21-,22+,23+,24-,25+,26-/m0/s1. The topological polar surface area (TPSA) is 316 Å². The minimum atomic E-state index is -1.98. The van der Waals surface area contributed by atoms with Crippen molar-refractivity contribution in [2.45, 2.75) is 144 Å². The quantitative estimate of drug-likeness (QED) is 0.108. The summed E-state index contributed by atoms with van der Waals surface area (Å²) >= 11 is 0. The van der Waals surface area contributed by atoms with Crippen LogP contribution in [0.2, 0.25) is 0 Å². The van der Waals surface area contributed by atoms with Gasteiger partial charge in [-0.05, 0) is 13.8 Å². The first kappa shape index (κ1) is 37.6. The van der Waals surface area contributed by atoms with Crippen LogP contribution in [0.5, 0.6) is 0 Å². The summed E-state index contributed by atoms with van der Waals surface area (Å²) in [5, 5.41) is 117. The zero-order valence-corrected chi connectivity index (χ0v) is 25.1. The molecule has 0 aromatic carbocycles. The molecular formula is C26H45NO19. The van der Waals surface area contributed by atoms with E-state index in [0.717, 1.165) is 6.92 Å². The number of amides is 1. The maximum absolute atomic E-state index is 11.8. The molecular weight excluding hydrogens is 630 g/mol. The van der Waals surface area contributed by atoms with Crippen molar-refractivity contribution in [1.82, 2.24) is 5.32 Å². The number of carbonyl (C=O) groups excluding carboxylic acids is 1. The summed E-state index contributed by atoms with van der Waals surface area (Å²) in [6.07, 6.45) is -31.1. The van der Waals surface area contributed by atoms with E-state index in [2.05, 4.69) is 5.32 Å². The molecule has 1 amide bonds. The van der Waals surface area contributed by atoms with Crippen LogP contribution in [0.25, 0.3) is 0 Å². The molecule has 0 aliphatic carbocycles. The third-order valence-electron chi connectivity index (χ3n) is 8.53. The van der Waals surface area contributed by atoms with E-state index in [1.165, 1.54) is 13.8 Å². The van der Waals surface area contributed by atoms with Crippen LogP contribution in [-0.2, 0) is 38.0 Å². The highest BCUT2D eigenvalue weighted by atomic mass is 16.8. The molecule has 268 valence electrons. The molecule has 0 bridgehead atoms. The van der Waals surface area contributed by atoms with Crippen molar-refractivity contribution in [3.05, 3.63) is 0 Å². The van der Waals surface area contributed by atoms with Gasteiger partial charge in [0, 0.05) is 6.92 Å². The van der Waals surface area contributed by atoms with Crippen LogP contribution in [0, 0.1) is 0 Å². The molecule has 4 fully saturated rings. The minimum absolute atomic E-state index is 0.662. The lowest BCUT2D eigenvalue weighted by Gasteiger charge is -2.49. The molecule has 0 spiro atoms. The van der Waals surface area contributed by atoms with Gasteiger partial charge in [0.1, 0.15) is 85.4 Å². The zero-order chi connectivity index (χ0) is 34.2. The number of hydrogen-bond donors (Lipinski definition) is 12. The van der Waals surface area contributed by atoms with Crippen LogP contribution in [0.1, 0.15) is 20.8 Å². The summed E-state index contributed by atoms with van der Waals surface area (Å²) in [7, 11) is 0. The van der Waals surface area contributed by atoms with Gasteiger partial charge >= 0.3 is 0 Å². The highest BCUT2D eigenvalue weighted by Gasteiger charge is 2.55. The molecule has 4 aliphatic rings. The second-order valence-electron chi connectivity index (χ2n) is 11.8. The maximum atomic E-state index is 11.8. The largest absolute Gasteiger partial charge is 0.394 e. The van der Waals surface area contributed by atoms with Gasteiger partial charge in [-0.25, -0.2) is 0 Å². The van der Waals surface area contributed by atoms with Crippen LogP contribution in [0.3, 0.4) is 0 Å². The Hall–Kier alpha value is -1.25. The Bertz CT molecular complexity index is 997. The molecule has 0 unspecified atom stereocenters. The minimum Gasteiger partial charge on any atom is -0.394 e. The molecule has 0 radical (unpaired) electrons. The molecule has 4 saturated heterocycles. The molecule has 46 heavy (non-hydrogen) atoms. The summed E-state index contributed by atoms with van der Waals surface area (Å²) in [5.74, 6) is -0.662. The highest BCUT2D eigenvalue weighted by molar-refractivity contribution is 5.73. The van der Waals surface area contributed by atoms with Gasteiger partial charge in [0.05, 0.1) is 25.4 Å². The SMILES string of the molecule is CC(=O)N[C@@H]1[C@@H](O[C@H]2O[C@H](CO)[C@H](O)[C@H](O[C@@H]3O[C@@H](C)[C@H](O)[C@@H](O)[C@H]3O[C@@H]3O[C@@H](C)[C@H](O)[C@@H](O)[C@H]3O)[C@H]2O)[C@H](O)[C@@H](CO)O[C@H]1O. The molecule has 12 N–H and O–H groups in total. The lowest BCUT2D eigenvalue weighted by Crippen LogP contribution is -2.68. The average molecular weight is 676 g/mol. The van der Waals surface area contributed by atoms with Crippen molar-refractivity contribution in [1.29, 1.82) is 0 Å². The monoisotopic (exact) mass is 675 g/mol. The Kier molecular flexibility index (Phi) is 12.7. The Balaban J connectivity index is 1.58. The van der Waals surface area contributed by atoms with Crippen molar-refractivity contribution >= 4 is 5.91 Å². The second kappa shape index (κ2) is 15.5. The normalized spacial score (nSPS) is 51.9. The number of rotatable bonds is 9. The van der Waals surface area contributed by atoms with Gasteiger partial charge in [-0.2, -0.15) is 0 Å². The third-order valence-corrected chi connectivity index (χ3v) is 8.53. The fourth-order valence-corrected chi connectivity index (χ4v) is 5.81.